The third-order valence-corrected chi connectivity index (χ3v) is 2.54. The van der Waals surface area contributed by atoms with E-state index in [1.165, 1.54) is 0 Å². The van der Waals surface area contributed by atoms with Crippen LogP contribution >= 0.6 is 0 Å². The number of benzene rings is 1. The fourth-order valence-electron chi connectivity index (χ4n) is 1.93. The molecule has 0 spiro atoms. The third kappa shape index (κ3) is 2.64. The summed E-state index contributed by atoms with van der Waals surface area (Å²) >= 11 is 0. The van der Waals surface area contributed by atoms with Gasteiger partial charge in [0.1, 0.15) is 0 Å². The van der Waals surface area contributed by atoms with Crippen molar-refractivity contribution in [2.24, 2.45) is 5.41 Å². The lowest BCUT2D eigenvalue weighted by Crippen LogP contribution is -2.22. The molecule has 1 heterocycles. The van der Waals surface area contributed by atoms with Gasteiger partial charge in [0.15, 0.2) is 0 Å². The Morgan fingerprint density at radius 3 is 2.47 bits per heavy atom. The minimum absolute atomic E-state index is 0.169. The van der Waals surface area contributed by atoms with Gasteiger partial charge in [-0.1, -0.05) is 26.8 Å². The average molecular weight is 232 g/mol. The Bertz CT molecular complexity index is 659. The van der Waals surface area contributed by atoms with Crippen molar-refractivity contribution in [2.75, 3.05) is 0 Å². The number of fused-ring (bicyclic) bond motifs is 1. The summed E-state index contributed by atoms with van der Waals surface area (Å²) in [5.41, 5.74) is 1.05. The van der Waals surface area contributed by atoms with Crippen LogP contribution in [0, 0.1) is 5.41 Å². The van der Waals surface area contributed by atoms with Crippen molar-refractivity contribution in [1.29, 1.82) is 0 Å². The normalized spacial score (nSPS) is 11.9. The molecule has 0 radical (unpaired) electrons. The molecule has 4 heteroatoms. The summed E-state index contributed by atoms with van der Waals surface area (Å²) in [7, 11) is 0. The molecule has 0 bridgehead atoms. The molecular formula is C13H16N2O2. The van der Waals surface area contributed by atoms with Crippen molar-refractivity contribution in [3.8, 4) is 0 Å². The van der Waals surface area contributed by atoms with Gasteiger partial charge in [0.25, 0.3) is 5.56 Å². The SMILES string of the molecule is CC(C)(C)Cc1ccc2[nH]c(=O)[nH]c(=O)c2c1. The maximum Gasteiger partial charge on any atom is 0.326 e. The highest BCUT2D eigenvalue weighted by molar-refractivity contribution is 5.77. The standard InChI is InChI=1S/C13H16N2O2/c1-13(2,3)7-8-4-5-10-9(6-8)11(16)15-12(17)14-10/h4-6H,7H2,1-3H3,(H2,14,15,16,17). The zero-order chi connectivity index (χ0) is 12.6. The lowest BCUT2D eigenvalue weighted by atomic mass is 9.88. The van der Waals surface area contributed by atoms with Crippen molar-refractivity contribution in [1.82, 2.24) is 9.97 Å². The lowest BCUT2D eigenvalue weighted by Gasteiger charge is -2.18. The van der Waals surface area contributed by atoms with Crippen molar-refractivity contribution in [3.05, 3.63) is 44.6 Å². The quantitative estimate of drug-likeness (QED) is 0.787. The summed E-state index contributed by atoms with van der Waals surface area (Å²) in [5, 5.41) is 0.534. The first-order valence-corrected chi connectivity index (χ1v) is 5.60. The number of nitrogens with one attached hydrogen (secondary N) is 2. The average Bonchev–Trinajstić information content (AvgIpc) is 2.16. The molecule has 2 N–H and O–H groups in total. The van der Waals surface area contributed by atoms with Crippen LogP contribution in [0.3, 0.4) is 0 Å². The van der Waals surface area contributed by atoms with Crippen LogP contribution < -0.4 is 11.2 Å². The second-order valence-corrected chi connectivity index (χ2v) is 5.53. The van der Waals surface area contributed by atoms with Crippen molar-refractivity contribution < 1.29 is 0 Å². The first kappa shape index (κ1) is 11.6. The molecule has 0 amide bonds. The summed E-state index contributed by atoms with van der Waals surface area (Å²) in [6.07, 6.45) is 0.890. The van der Waals surface area contributed by atoms with Gasteiger partial charge in [-0.15, -0.1) is 0 Å². The van der Waals surface area contributed by atoms with Gasteiger partial charge in [0.2, 0.25) is 0 Å². The minimum atomic E-state index is -0.467. The smallest absolute Gasteiger partial charge is 0.307 e. The Morgan fingerprint density at radius 1 is 1.12 bits per heavy atom. The van der Waals surface area contributed by atoms with E-state index in [2.05, 4.69) is 30.7 Å². The van der Waals surface area contributed by atoms with Gasteiger partial charge in [-0.3, -0.25) is 9.78 Å². The van der Waals surface area contributed by atoms with E-state index in [1.807, 2.05) is 12.1 Å². The van der Waals surface area contributed by atoms with Crippen LogP contribution in [-0.2, 0) is 6.42 Å². The Morgan fingerprint density at radius 2 is 1.82 bits per heavy atom. The Labute approximate surface area is 98.7 Å². The molecule has 1 aromatic carbocycles. The molecule has 0 aliphatic carbocycles. The fourth-order valence-corrected chi connectivity index (χ4v) is 1.93. The van der Waals surface area contributed by atoms with Gasteiger partial charge in [0, 0.05) is 0 Å². The van der Waals surface area contributed by atoms with Crippen LogP contribution in [0.1, 0.15) is 26.3 Å². The van der Waals surface area contributed by atoms with Crippen LogP contribution in [0.2, 0.25) is 0 Å². The van der Waals surface area contributed by atoms with Gasteiger partial charge >= 0.3 is 5.69 Å². The Balaban J connectivity index is 2.58. The molecular weight excluding hydrogens is 216 g/mol. The molecule has 0 fully saturated rings. The maximum atomic E-state index is 11.6. The van der Waals surface area contributed by atoms with E-state index in [0.29, 0.717) is 10.9 Å². The first-order valence-electron chi connectivity index (χ1n) is 5.60. The van der Waals surface area contributed by atoms with E-state index in [4.69, 9.17) is 0 Å². The zero-order valence-corrected chi connectivity index (χ0v) is 10.3. The number of rotatable bonds is 1. The highest BCUT2D eigenvalue weighted by atomic mass is 16.2. The van der Waals surface area contributed by atoms with E-state index < -0.39 is 5.69 Å². The molecule has 2 aromatic rings. The molecule has 90 valence electrons. The highest BCUT2D eigenvalue weighted by Crippen LogP contribution is 2.21. The molecule has 4 nitrogen and oxygen atoms in total. The molecule has 0 saturated carbocycles. The number of H-pyrrole nitrogens is 2. The molecule has 2 rings (SSSR count). The molecule has 1 aromatic heterocycles. The Hall–Kier alpha value is -1.84. The zero-order valence-electron chi connectivity index (χ0n) is 10.3. The van der Waals surface area contributed by atoms with Gasteiger partial charge in [-0.2, -0.15) is 0 Å². The van der Waals surface area contributed by atoms with Crippen LogP contribution in [-0.4, -0.2) is 9.97 Å². The van der Waals surface area contributed by atoms with Crippen molar-refractivity contribution >= 4 is 10.9 Å². The van der Waals surface area contributed by atoms with Gasteiger partial charge in [-0.05, 0) is 29.5 Å². The predicted molar refractivity (Wildman–Crippen MR) is 68.3 cm³/mol. The molecule has 0 aliphatic rings. The van der Waals surface area contributed by atoms with Crippen LogP contribution in [0.15, 0.2) is 27.8 Å². The van der Waals surface area contributed by atoms with Gasteiger partial charge in [-0.25, -0.2) is 4.79 Å². The molecule has 0 unspecified atom stereocenters. The minimum Gasteiger partial charge on any atom is -0.307 e. The second-order valence-electron chi connectivity index (χ2n) is 5.53. The predicted octanol–water partition coefficient (Wildman–Crippen LogP) is 1.80. The van der Waals surface area contributed by atoms with E-state index in [9.17, 15) is 9.59 Å². The van der Waals surface area contributed by atoms with Crippen LogP contribution in [0.25, 0.3) is 10.9 Å². The van der Waals surface area contributed by atoms with E-state index in [1.54, 1.807) is 6.07 Å². The summed E-state index contributed by atoms with van der Waals surface area (Å²) in [5.74, 6) is 0. The fraction of sp³-hybridized carbons (Fsp3) is 0.385. The number of aromatic amines is 2. The molecule has 0 atom stereocenters. The van der Waals surface area contributed by atoms with Gasteiger partial charge in [0.05, 0.1) is 10.9 Å². The monoisotopic (exact) mass is 232 g/mol. The first-order chi connectivity index (χ1) is 7.85. The molecule has 17 heavy (non-hydrogen) atoms. The second kappa shape index (κ2) is 3.87. The van der Waals surface area contributed by atoms with Crippen molar-refractivity contribution in [2.45, 2.75) is 27.2 Å². The van der Waals surface area contributed by atoms with E-state index in [-0.39, 0.29) is 11.0 Å². The maximum absolute atomic E-state index is 11.6. The summed E-state index contributed by atoms with van der Waals surface area (Å²) in [4.78, 5) is 27.6. The lowest BCUT2D eigenvalue weighted by molar-refractivity contribution is 0.411. The van der Waals surface area contributed by atoms with E-state index >= 15 is 0 Å². The summed E-state index contributed by atoms with van der Waals surface area (Å²) in [6.45, 7) is 6.44. The highest BCUT2D eigenvalue weighted by Gasteiger charge is 2.12. The number of aromatic nitrogens is 2. The van der Waals surface area contributed by atoms with E-state index in [0.717, 1.165) is 12.0 Å². The summed E-state index contributed by atoms with van der Waals surface area (Å²) < 4.78 is 0. The van der Waals surface area contributed by atoms with Crippen molar-refractivity contribution in [3.63, 3.8) is 0 Å². The third-order valence-electron chi connectivity index (χ3n) is 2.54. The summed E-state index contributed by atoms with van der Waals surface area (Å²) in [6, 6.07) is 5.57. The molecule has 0 aliphatic heterocycles. The topological polar surface area (TPSA) is 65.7 Å². The molecule has 0 saturated heterocycles. The number of hydrogen-bond donors (Lipinski definition) is 2. The Kier molecular flexibility index (Phi) is 2.65. The largest absolute Gasteiger partial charge is 0.326 e. The van der Waals surface area contributed by atoms with Crippen LogP contribution in [0.4, 0.5) is 0 Å². The van der Waals surface area contributed by atoms with Crippen LogP contribution in [0.5, 0.6) is 0 Å². The number of hydrogen-bond acceptors (Lipinski definition) is 2. The van der Waals surface area contributed by atoms with Gasteiger partial charge < -0.3 is 4.98 Å².